The monoisotopic (exact) mass is 402 g/mol. The zero-order chi connectivity index (χ0) is 20.3. The Morgan fingerprint density at radius 1 is 1.14 bits per heavy atom. The fraction of sp³-hybridized carbons (Fsp3) is 0.158. The summed E-state index contributed by atoms with van der Waals surface area (Å²) in [6.07, 6.45) is 4.62. The Morgan fingerprint density at radius 2 is 1.86 bits per heavy atom. The van der Waals surface area contributed by atoms with Gasteiger partial charge in [0.2, 0.25) is 10.0 Å². The normalized spacial score (nSPS) is 11.6. The van der Waals surface area contributed by atoms with E-state index < -0.39 is 21.7 Å². The summed E-state index contributed by atoms with van der Waals surface area (Å²) in [4.78, 5) is 16.3. The summed E-state index contributed by atoms with van der Waals surface area (Å²) in [5, 5.41) is 2.59. The van der Waals surface area contributed by atoms with Crippen LogP contribution >= 0.6 is 0 Å². The molecule has 0 aliphatic heterocycles. The highest BCUT2D eigenvalue weighted by molar-refractivity contribution is 7.89. The first-order valence-electron chi connectivity index (χ1n) is 8.48. The Morgan fingerprint density at radius 3 is 2.43 bits per heavy atom. The van der Waals surface area contributed by atoms with E-state index >= 15 is 0 Å². The van der Waals surface area contributed by atoms with Gasteiger partial charge in [0.25, 0.3) is 5.91 Å². The first-order chi connectivity index (χ1) is 13.3. The smallest absolute Gasteiger partial charge is 0.255 e. The van der Waals surface area contributed by atoms with E-state index in [4.69, 9.17) is 0 Å². The van der Waals surface area contributed by atoms with Gasteiger partial charge in [-0.3, -0.25) is 4.79 Å². The molecule has 0 spiro atoms. The highest BCUT2D eigenvalue weighted by Crippen LogP contribution is 2.19. The molecule has 0 radical (unpaired) electrons. The Balaban J connectivity index is 1.74. The van der Waals surface area contributed by atoms with Crippen molar-refractivity contribution in [2.24, 2.45) is 0 Å². The molecule has 7 nitrogen and oxygen atoms in total. The van der Waals surface area contributed by atoms with E-state index in [1.165, 1.54) is 53.5 Å². The number of amides is 1. The van der Waals surface area contributed by atoms with E-state index in [-0.39, 0.29) is 22.2 Å². The number of hydrogen-bond acceptors (Lipinski definition) is 4. The summed E-state index contributed by atoms with van der Waals surface area (Å²) in [5.74, 6) is -0.993. The van der Waals surface area contributed by atoms with Crippen LogP contribution in [0.1, 0.15) is 24.2 Å². The van der Waals surface area contributed by atoms with Crippen molar-refractivity contribution in [2.45, 2.75) is 24.8 Å². The number of benzene rings is 2. The van der Waals surface area contributed by atoms with Crippen LogP contribution in [0.3, 0.4) is 0 Å². The second-order valence-electron chi connectivity index (χ2n) is 6.39. The number of hydrogen-bond donors (Lipinski definition) is 2. The van der Waals surface area contributed by atoms with Gasteiger partial charge in [-0.25, -0.2) is 22.5 Å². The van der Waals surface area contributed by atoms with E-state index in [2.05, 4.69) is 15.0 Å². The molecule has 0 aliphatic carbocycles. The van der Waals surface area contributed by atoms with Crippen molar-refractivity contribution in [1.29, 1.82) is 0 Å². The predicted molar refractivity (Wildman–Crippen MR) is 103 cm³/mol. The lowest BCUT2D eigenvalue weighted by atomic mass is 10.2. The number of carbonyl (C=O) groups is 1. The summed E-state index contributed by atoms with van der Waals surface area (Å²) in [7, 11) is -3.63. The van der Waals surface area contributed by atoms with Crippen molar-refractivity contribution in [1.82, 2.24) is 14.3 Å². The quantitative estimate of drug-likeness (QED) is 0.663. The molecule has 0 saturated heterocycles. The first kappa shape index (κ1) is 19.7. The van der Waals surface area contributed by atoms with E-state index in [9.17, 15) is 17.6 Å². The van der Waals surface area contributed by atoms with Gasteiger partial charge >= 0.3 is 0 Å². The van der Waals surface area contributed by atoms with Gasteiger partial charge in [-0.2, -0.15) is 0 Å². The maximum absolute atomic E-state index is 14.3. The summed E-state index contributed by atoms with van der Waals surface area (Å²) < 4.78 is 42.5. The molecule has 0 fully saturated rings. The van der Waals surface area contributed by atoms with Crippen LogP contribution < -0.4 is 10.0 Å². The number of nitrogens with one attached hydrogen (secondary N) is 2. The fourth-order valence-electron chi connectivity index (χ4n) is 2.56. The van der Waals surface area contributed by atoms with Gasteiger partial charge in [0.05, 0.1) is 16.9 Å². The minimum absolute atomic E-state index is 0.0634. The van der Waals surface area contributed by atoms with E-state index in [1.807, 2.05) is 0 Å². The Bertz CT molecular complexity index is 1080. The molecule has 28 heavy (non-hydrogen) atoms. The predicted octanol–water partition coefficient (Wildman–Crippen LogP) is 2.95. The Hall–Kier alpha value is -3.04. The van der Waals surface area contributed by atoms with Crippen LogP contribution in [0.4, 0.5) is 10.1 Å². The summed E-state index contributed by atoms with van der Waals surface area (Å²) in [5.41, 5.74) is 0.842. The minimum Gasteiger partial charge on any atom is -0.322 e. The largest absolute Gasteiger partial charge is 0.322 e. The third-order valence-corrected chi connectivity index (χ3v) is 5.48. The van der Waals surface area contributed by atoms with Gasteiger partial charge in [-0.15, -0.1) is 0 Å². The molecular formula is C19H19FN4O3S. The molecule has 1 aromatic heterocycles. The lowest BCUT2D eigenvalue weighted by molar-refractivity contribution is 0.102. The third-order valence-electron chi connectivity index (χ3n) is 3.81. The van der Waals surface area contributed by atoms with Crippen molar-refractivity contribution < 1.29 is 17.6 Å². The first-order valence-corrected chi connectivity index (χ1v) is 9.96. The van der Waals surface area contributed by atoms with Crippen LogP contribution in [-0.2, 0) is 10.0 Å². The molecule has 2 N–H and O–H groups in total. The van der Waals surface area contributed by atoms with Gasteiger partial charge in [0.1, 0.15) is 5.82 Å². The Kier molecular flexibility index (Phi) is 5.57. The van der Waals surface area contributed by atoms with Gasteiger partial charge in [-0.05, 0) is 56.3 Å². The number of imidazole rings is 1. The summed E-state index contributed by atoms with van der Waals surface area (Å²) in [6.45, 7) is 3.44. The highest BCUT2D eigenvalue weighted by atomic mass is 32.2. The lowest BCUT2D eigenvalue weighted by Crippen LogP contribution is -2.30. The van der Waals surface area contributed by atoms with Crippen LogP contribution in [-0.4, -0.2) is 29.9 Å². The number of aromatic nitrogens is 2. The van der Waals surface area contributed by atoms with Crippen molar-refractivity contribution in [3.05, 3.63) is 72.6 Å². The lowest BCUT2D eigenvalue weighted by Gasteiger charge is -2.11. The topological polar surface area (TPSA) is 93.1 Å². The standard InChI is InChI=1S/C19H19FN4O3S/c1-13(2)23-28(26,27)16-6-3-14(4-7-16)19(25)22-15-5-8-18(17(20)11-15)24-10-9-21-12-24/h3-13,23H,1-2H3,(H,22,25). The van der Waals surface area contributed by atoms with Crippen LogP contribution in [0.2, 0.25) is 0 Å². The van der Waals surface area contributed by atoms with Gasteiger partial charge in [-0.1, -0.05) is 0 Å². The van der Waals surface area contributed by atoms with Gasteiger partial charge < -0.3 is 9.88 Å². The number of sulfonamides is 1. The summed E-state index contributed by atoms with van der Waals surface area (Å²) in [6, 6.07) is 9.57. The molecule has 9 heteroatoms. The molecule has 0 atom stereocenters. The molecule has 3 aromatic rings. The number of rotatable bonds is 6. The SMILES string of the molecule is CC(C)NS(=O)(=O)c1ccc(C(=O)Nc2ccc(-n3ccnc3)c(F)c2)cc1. The van der Waals surface area contributed by atoms with Crippen molar-refractivity contribution >= 4 is 21.6 Å². The average molecular weight is 402 g/mol. The third kappa shape index (κ3) is 4.44. The maximum atomic E-state index is 14.3. The summed E-state index contributed by atoms with van der Waals surface area (Å²) >= 11 is 0. The second-order valence-corrected chi connectivity index (χ2v) is 8.10. The molecule has 0 aliphatic rings. The van der Waals surface area contributed by atoms with Crippen LogP contribution in [0, 0.1) is 5.82 Å². The molecular weight excluding hydrogens is 383 g/mol. The van der Waals surface area contributed by atoms with E-state index in [1.54, 1.807) is 26.1 Å². The van der Waals surface area contributed by atoms with Gasteiger partial charge in [0.15, 0.2) is 0 Å². The minimum atomic E-state index is -3.63. The fourth-order valence-corrected chi connectivity index (χ4v) is 3.81. The number of anilines is 1. The van der Waals surface area contributed by atoms with Gasteiger partial charge in [0, 0.05) is 29.7 Å². The maximum Gasteiger partial charge on any atom is 0.255 e. The van der Waals surface area contributed by atoms with Crippen LogP contribution in [0.25, 0.3) is 5.69 Å². The molecule has 3 rings (SSSR count). The zero-order valence-electron chi connectivity index (χ0n) is 15.3. The number of halogens is 1. The number of carbonyl (C=O) groups excluding carboxylic acids is 1. The molecule has 146 valence electrons. The van der Waals surface area contributed by atoms with Crippen molar-refractivity contribution in [2.75, 3.05) is 5.32 Å². The average Bonchev–Trinajstić information content (AvgIpc) is 3.15. The van der Waals surface area contributed by atoms with Crippen molar-refractivity contribution in [3.8, 4) is 5.69 Å². The second kappa shape index (κ2) is 7.91. The molecule has 0 unspecified atom stereocenters. The van der Waals surface area contributed by atoms with E-state index in [0.29, 0.717) is 5.69 Å². The van der Waals surface area contributed by atoms with E-state index in [0.717, 1.165) is 0 Å². The highest BCUT2D eigenvalue weighted by Gasteiger charge is 2.16. The molecule has 0 bridgehead atoms. The molecule has 1 heterocycles. The molecule has 1 amide bonds. The molecule has 0 saturated carbocycles. The molecule has 2 aromatic carbocycles. The van der Waals surface area contributed by atoms with Crippen molar-refractivity contribution in [3.63, 3.8) is 0 Å². The van der Waals surface area contributed by atoms with Crippen LogP contribution in [0.5, 0.6) is 0 Å². The zero-order valence-corrected chi connectivity index (χ0v) is 16.1. The number of nitrogens with zero attached hydrogens (tertiary/aromatic N) is 2. The Labute approximate surface area is 162 Å². The van der Waals surface area contributed by atoms with Crippen LogP contribution in [0.15, 0.2) is 66.1 Å².